The Labute approximate surface area is 140 Å². The van der Waals surface area contributed by atoms with Crippen LogP contribution in [0.25, 0.3) is 0 Å². The maximum atomic E-state index is 12.2. The van der Waals surface area contributed by atoms with Crippen molar-refractivity contribution in [3.8, 4) is 5.75 Å². The van der Waals surface area contributed by atoms with Crippen molar-refractivity contribution < 1.29 is 24.0 Å². The number of hydrogen-bond acceptors (Lipinski definition) is 4. The Balaban J connectivity index is 2.03. The van der Waals surface area contributed by atoms with Crippen molar-refractivity contribution in [3.63, 3.8) is 0 Å². The third-order valence-corrected chi connectivity index (χ3v) is 3.39. The van der Waals surface area contributed by atoms with Crippen LogP contribution in [0.15, 0.2) is 54.9 Å². The molecule has 6 nitrogen and oxygen atoms in total. The fourth-order valence-electron chi connectivity index (χ4n) is 2.25. The number of phenolic OH excluding ortho intramolecular Hbond substituents is 1. The van der Waals surface area contributed by atoms with Gasteiger partial charge in [0.15, 0.2) is 12.4 Å². The lowest BCUT2D eigenvalue weighted by Gasteiger charge is -2.16. The smallest absolute Gasteiger partial charge is 0.328 e. The molecule has 2 rings (SSSR count). The van der Waals surface area contributed by atoms with Crippen molar-refractivity contribution in [2.24, 2.45) is 0 Å². The van der Waals surface area contributed by atoms with E-state index in [-0.39, 0.29) is 24.8 Å². The van der Waals surface area contributed by atoms with Crippen LogP contribution in [-0.4, -0.2) is 29.6 Å². The molecule has 1 amide bonds. The van der Waals surface area contributed by atoms with Crippen molar-refractivity contribution in [2.75, 3.05) is 6.61 Å². The van der Waals surface area contributed by atoms with Gasteiger partial charge in [0.05, 0.1) is 6.61 Å². The second-order valence-electron chi connectivity index (χ2n) is 5.29. The summed E-state index contributed by atoms with van der Waals surface area (Å²) in [5.74, 6) is -0.601. The second kappa shape index (κ2) is 8.67. The molecule has 24 heavy (non-hydrogen) atoms. The van der Waals surface area contributed by atoms with Crippen LogP contribution >= 0.6 is 0 Å². The van der Waals surface area contributed by atoms with E-state index in [0.717, 1.165) is 5.56 Å². The zero-order valence-electron chi connectivity index (χ0n) is 13.5. The summed E-state index contributed by atoms with van der Waals surface area (Å²) in [7, 11) is 0. The fraction of sp³-hybridized carbons (Fsp3) is 0.278. The molecule has 1 aromatic carbocycles. The number of amides is 1. The van der Waals surface area contributed by atoms with Crippen LogP contribution in [0.5, 0.6) is 5.75 Å². The molecule has 1 atom stereocenters. The highest BCUT2D eigenvalue weighted by atomic mass is 16.5. The molecule has 0 radical (unpaired) electrons. The Morgan fingerprint density at radius 2 is 1.83 bits per heavy atom. The van der Waals surface area contributed by atoms with Crippen LogP contribution in [0.4, 0.5) is 0 Å². The number of esters is 1. The standard InChI is InChI=1S/C18H20N2O4/c1-2-24-18(23)16(12-14-6-8-15(21)9-7-14)19-17(22)13-20-10-4-3-5-11-20/h3-11,16H,2,12-13H2,1H3,(H-,19,21,22)/p+1/t16-/m0/s1. The van der Waals surface area contributed by atoms with Crippen LogP contribution in [0, 0.1) is 0 Å². The van der Waals surface area contributed by atoms with Crippen molar-refractivity contribution in [2.45, 2.75) is 25.9 Å². The van der Waals surface area contributed by atoms with Crippen LogP contribution in [-0.2, 0) is 27.3 Å². The van der Waals surface area contributed by atoms with Gasteiger partial charge in [-0.1, -0.05) is 18.2 Å². The van der Waals surface area contributed by atoms with E-state index in [0.29, 0.717) is 6.42 Å². The monoisotopic (exact) mass is 329 g/mol. The van der Waals surface area contributed by atoms with Gasteiger partial charge in [0.1, 0.15) is 11.8 Å². The summed E-state index contributed by atoms with van der Waals surface area (Å²) >= 11 is 0. The van der Waals surface area contributed by atoms with E-state index in [2.05, 4.69) is 5.32 Å². The van der Waals surface area contributed by atoms with Gasteiger partial charge in [-0.25, -0.2) is 4.79 Å². The van der Waals surface area contributed by atoms with E-state index in [4.69, 9.17) is 4.74 Å². The van der Waals surface area contributed by atoms with Gasteiger partial charge in [-0.3, -0.25) is 4.79 Å². The lowest BCUT2D eigenvalue weighted by molar-refractivity contribution is -0.684. The molecule has 0 saturated carbocycles. The first-order valence-corrected chi connectivity index (χ1v) is 7.76. The number of phenols is 1. The number of benzene rings is 1. The van der Waals surface area contributed by atoms with Crippen LogP contribution in [0.2, 0.25) is 0 Å². The number of hydrogen-bond donors (Lipinski definition) is 2. The first-order chi connectivity index (χ1) is 11.6. The molecule has 0 bridgehead atoms. The highest BCUT2D eigenvalue weighted by Gasteiger charge is 2.24. The third-order valence-electron chi connectivity index (χ3n) is 3.39. The summed E-state index contributed by atoms with van der Waals surface area (Å²) < 4.78 is 6.76. The Hall–Kier alpha value is -2.89. The molecule has 2 N–H and O–H groups in total. The van der Waals surface area contributed by atoms with Gasteiger partial charge in [0.25, 0.3) is 5.91 Å². The average Bonchev–Trinajstić information content (AvgIpc) is 2.57. The highest BCUT2D eigenvalue weighted by molar-refractivity contribution is 5.84. The summed E-state index contributed by atoms with van der Waals surface area (Å²) in [6, 6.07) is 11.2. The second-order valence-corrected chi connectivity index (χ2v) is 5.29. The minimum Gasteiger partial charge on any atom is -0.508 e. The molecule has 2 aromatic rings. The molecule has 0 fully saturated rings. The van der Waals surface area contributed by atoms with Crippen molar-refractivity contribution in [1.82, 2.24) is 5.32 Å². The molecule has 6 heteroatoms. The van der Waals surface area contributed by atoms with Gasteiger partial charge in [-0.05, 0) is 24.6 Å². The number of carbonyl (C=O) groups excluding carboxylic acids is 2. The number of ether oxygens (including phenoxy) is 1. The lowest BCUT2D eigenvalue weighted by atomic mass is 10.1. The van der Waals surface area contributed by atoms with Crippen LogP contribution in [0.1, 0.15) is 12.5 Å². The number of pyridine rings is 1. The number of aromatic hydroxyl groups is 1. The molecule has 0 saturated heterocycles. The van der Waals surface area contributed by atoms with E-state index in [1.165, 1.54) is 0 Å². The van der Waals surface area contributed by atoms with Crippen molar-refractivity contribution in [1.29, 1.82) is 0 Å². The molecular formula is C18H21N2O4+. The number of nitrogens with one attached hydrogen (secondary N) is 1. The zero-order chi connectivity index (χ0) is 17.4. The quantitative estimate of drug-likeness (QED) is 0.586. The summed E-state index contributed by atoms with van der Waals surface area (Å²) in [4.78, 5) is 24.3. The SMILES string of the molecule is CCOC(=O)[C@H](Cc1ccc(O)cc1)NC(=O)C[n+]1ccccc1. The minimum absolute atomic E-state index is 0.117. The Morgan fingerprint density at radius 1 is 1.17 bits per heavy atom. The van der Waals surface area contributed by atoms with Gasteiger partial charge in [-0.15, -0.1) is 0 Å². The van der Waals surface area contributed by atoms with Gasteiger partial charge in [0.2, 0.25) is 6.54 Å². The molecule has 0 aliphatic heterocycles. The van der Waals surface area contributed by atoms with Gasteiger partial charge in [0, 0.05) is 18.6 Å². The molecule has 1 aromatic heterocycles. The highest BCUT2D eigenvalue weighted by Crippen LogP contribution is 2.12. The van der Waals surface area contributed by atoms with Crippen LogP contribution in [0.3, 0.4) is 0 Å². The van der Waals surface area contributed by atoms with E-state index in [1.807, 2.05) is 18.2 Å². The summed E-state index contributed by atoms with van der Waals surface area (Å²) in [6.45, 7) is 2.08. The maximum Gasteiger partial charge on any atom is 0.328 e. The average molecular weight is 329 g/mol. The van der Waals surface area contributed by atoms with Crippen LogP contribution < -0.4 is 9.88 Å². The third kappa shape index (κ3) is 5.39. The molecule has 0 spiro atoms. The molecule has 0 aliphatic carbocycles. The molecule has 1 heterocycles. The normalized spacial score (nSPS) is 11.5. The predicted molar refractivity (Wildman–Crippen MR) is 87.0 cm³/mol. The van der Waals surface area contributed by atoms with E-state index in [1.54, 1.807) is 48.1 Å². The minimum atomic E-state index is -0.772. The predicted octanol–water partition coefficient (Wildman–Crippen LogP) is 0.970. The van der Waals surface area contributed by atoms with Crippen molar-refractivity contribution in [3.05, 3.63) is 60.4 Å². The molecule has 0 unspecified atom stereocenters. The summed E-state index contributed by atoms with van der Waals surface area (Å²) in [5.41, 5.74) is 0.818. The number of nitrogens with zero attached hydrogens (tertiary/aromatic N) is 1. The number of aromatic nitrogens is 1. The lowest BCUT2D eigenvalue weighted by Crippen LogP contribution is -2.49. The summed E-state index contributed by atoms with van der Waals surface area (Å²) in [6.07, 6.45) is 3.85. The first kappa shape index (κ1) is 17.5. The Morgan fingerprint density at radius 3 is 2.46 bits per heavy atom. The van der Waals surface area contributed by atoms with E-state index >= 15 is 0 Å². The van der Waals surface area contributed by atoms with Crippen molar-refractivity contribution >= 4 is 11.9 Å². The number of carbonyl (C=O) groups is 2. The fourth-order valence-corrected chi connectivity index (χ4v) is 2.25. The maximum absolute atomic E-state index is 12.2. The Kier molecular flexibility index (Phi) is 6.31. The molecule has 0 aliphatic rings. The number of rotatable bonds is 7. The van der Waals surface area contributed by atoms with Gasteiger partial charge >= 0.3 is 5.97 Å². The molecule has 126 valence electrons. The molecular weight excluding hydrogens is 308 g/mol. The van der Waals surface area contributed by atoms with E-state index in [9.17, 15) is 14.7 Å². The first-order valence-electron chi connectivity index (χ1n) is 7.76. The summed E-state index contributed by atoms with van der Waals surface area (Å²) in [5, 5.41) is 12.0. The largest absolute Gasteiger partial charge is 0.508 e. The van der Waals surface area contributed by atoms with Gasteiger partial charge in [-0.2, -0.15) is 4.57 Å². The zero-order valence-corrected chi connectivity index (χ0v) is 13.5. The van der Waals surface area contributed by atoms with Gasteiger partial charge < -0.3 is 15.2 Å². The Bertz CT molecular complexity index is 671. The van der Waals surface area contributed by atoms with E-state index < -0.39 is 12.0 Å². The topological polar surface area (TPSA) is 79.5 Å².